The molecule has 84 valence electrons. The number of hydrogen-bond donors (Lipinski definition) is 1. The first-order chi connectivity index (χ1) is 7.79. The van der Waals surface area contributed by atoms with Crippen LogP contribution in [0.25, 0.3) is 0 Å². The lowest BCUT2D eigenvalue weighted by Gasteiger charge is -2.24. The second-order valence-electron chi connectivity index (χ2n) is 3.86. The van der Waals surface area contributed by atoms with Gasteiger partial charge in [-0.3, -0.25) is 0 Å². The number of halogens is 1. The summed E-state index contributed by atoms with van der Waals surface area (Å²) >= 11 is 0. The molecule has 3 nitrogen and oxygen atoms in total. The maximum Gasteiger partial charge on any atom is 0.124 e. The standard InChI is InChI=1S/C12H13FN2O/c13-10-3-4-12(9(6-10)7-14)15-11-2-1-5-16-8-11/h3-4,6,11,15H,1-2,5,8H2. The Morgan fingerprint density at radius 1 is 1.50 bits per heavy atom. The Hall–Kier alpha value is -1.60. The van der Waals surface area contributed by atoms with Crippen LogP contribution in [0.1, 0.15) is 18.4 Å². The van der Waals surface area contributed by atoms with Crippen LogP contribution in [-0.2, 0) is 4.74 Å². The zero-order valence-electron chi connectivity index (χ0n) is 8.87. The third-order valence-corrected chi connectivity index (χ3v) is 2.62. The lowest BCUT2D eigenvalue weighted by molar-refractivity contribution is 0.0876. The maximum absolute atomic E-state index is 12.9. The van der Waals surface area contributed by atoms with E-state index in [0.717, 1.165) is 19.4 Å². The van der Waals surface area contributed by atoms with Crippen molar-refractivity contribution in [2.45, 2.75) is 18.9 Å². The lowest BCUT2D eigenvalue weighted by Crippen LogP contribution is -2.30. The van der Waals surface area contributed by atoms with Crippen LogP contribution in [0.3, 0.4) is 0 Å². The van der Waals surface area contributed by atoms with E-state index in [2.05, 4.69) is 5.32 Å². The van der Waals surface area contributed by atoms with Crippen LogP contribution < -0.4 is 5.32 Å². The summed E-state index contributed by atoms with van der Waals surface area (Å²) in [5, 5.41) is 12.1. The average molecular weight is 220 g/mol. The summed E-state index contributed by atoms with van der Waals surface area (Å²) in [6, 6.07) is 6.39. The van der Waals surface area contributed by atoms with E-state index < -0.39 is 0 Å². The van der Waals surface area contributed by atoms with Gasteiger partial charge in [-0.1, -0.05) is 0 Å². The number of nitriles is 1. The fourth-order valence-corrected chi connectivity index (χ4v) is 1.81. The van der Waals surface area contributed by atoms with Gasteiger partial charge in [0, 0.05) is 12.6 Å². The maximum atomic E-state index is 12.9. The third-order valence-electron chi connectivity index (χ3n) is 2.62. The molecule has 1 unspecified atom stereocenters. The molecule has 16 heavy (non-hydrogen) atoms. The van der Waals surface area contributed by atoms with Gasteiger partial charge in [0.05, 0.1) is 17.9 Å². The highest BCUT2D eigenvalue weighted by Gasteiger charge is 2.15. The fraction of sp³-hybridized carbons (Fsp3) is 0.417. The van der Waals surface area contributed by atoms with Gasteiger partial charge in [0.2, 0.25) is 0 Å². The minimum Gasteiger partial charge on any atom is -0.379 e. The molecule has 1 aliphatic rings. The fourth-order valence-electron chi connectivity index (χ4n) is 1.81. The molecule has 1 fully saturated rings. The van der Waals surface area contributed by atoms with Gasteiger partial charge in [-0.15, -0.1) is 0 Å². The summed E-state index contributed by atoms with van der Waals surface area (Å²) in [6.07, 6.45) is 2.03. The number of nitrogens with zero attached hydrogens (tertiary/aromatic N) is 1. The highest BCUT2D eigenvalue weighted by atomic mass is 19.1. The molecule has 0 aromatic heterocycles. The van der Waals surface area contributed by atoms with Crippen LogP contribution in [0, 0.1) is 17.1 Å². The van der Waals surface area contributed by atoms with Gasteiger partial charge in [-0.25, -0.2) is 4.39 Å². The van der Waals surface area contributed by atoms with Crippen molar-refractivity contribution in [3.8, 4) is 6.07 Å². The quantitative estimate of drug-likeness (QED) is 0.831. The van der Waals surface area contributed by atoms with Gasteiger partial charge in [-0.05, 0) is 31.0 Å². The molecule has 0 radical (unpaired) electrons. The lowest BCUT2D eigenvalue weighted by atomic mass is 10.1. The number of ether oxygens (including phenoxy) is 1. The molecule has 0 spiro atoms. The van der Waals surface area contributed by atoms with Crippen LogP contribution in [0.15, 0.2) is 18.2 Å². The van der Waals surface area contributed by atoms with Gasteiger partial charge in [0.15, 0.2) is 0 Å². The topological polar surface area (TPSA) is 45.0 Å². The molecule has 1 aromatic carbocycles. The van der Waals surface area contributed by atoms with Gasteiger partial charge in [0.1, 0.15) is 11.9 Å². The predicted octanol–water partition coefficient (Wildman–Crippen LogP) is 2.29. The number of hydrogen-bond acceptors (Lipinski definition) is 3. The highest BCUT2D eigenvalue weighted by Crippen LogP contribution is 2.19. The molecule has 1 aromatic rings. The molecule has 4 heteroatoms. The summed E-state index contributed by atoms with van der Waals surface area (Å²) in [7, 11) is 0. The van der Waals surface area contributed by atoms with Crippen molar-refractivity contribution in [1.29, 1.82) is 5.26 Å². The smallest absolute Gasteiger partial charge is 0.124 e. The first-order valence-corrected chi connectivity index (χ1v) is 5.33. The van der Waals surface area contributed by atoms with E-state index in [4.69, 9.17) is 10.00 Å². The van der Waals surface area contributed by atoms with Gasteiger partial charge in [0.25, 0.3) is 0 Å². The monoisotopic (exact) mass is 220 g/mol. The van der Waals surface area contributed by atoms with Crippen LogP contribution in [-0.4, -0.2) is 19.3 Å². The largest absolute Gasteiger partial charge is 0.379 e. The van der Waals surface area contributed by atoms with E-state index in [0.29, 0.717) is 17.9 Å². The SMILES string of the molecule is N#Cc1cc(F)ccc1NC1CCCOC1. The molecule has 1 atom stereocenters. The molecular formula is C12H13FN2O. The molecule has 0 amide bonds. The Bertz CT molecular complexity index is 408. The Morgan fingerprint density at radius 3 is 3.06 bits per heavy atom. The summed E-state index contributed by atoms with van der Waals surface area (Å²) < 4.78 is 18.2. The molecular weight excluding hydrogens is 207 g/mol. The van der Waals surface area contributed by atoms with Crippen molar-refractivity contribution in [3.63, 3.8) is 0 Å². The summed E-state index contributed by atoms with van der Waals surface area (Å²) in [4.78, 5) is 0. The zero-order valence-corrected chi connectivity index (χ0v) is 8.87. The molecule has 1 heterocycles. The van der Waals surface area contributed by atoms with Gasteiger partial charge >= 0.3 is 0 Å². The second kappa shape index (κ2) is 4.95. The minimum atomic E-state index is -0.387. The number of anilines is 1. The minimum absolute atomic E-state index is 0.214. The van der Waals surface area contributed by atoms with Crippen LogP contribution in [0.5, 0.6) is 0 Å². The number of rotatable bonds is 2. The van der Waals surface area contributed by atoms with E-state index >= 15 is 0 Å². The van der Waals surface area contributed by atoms with Crippen LogP contribution in [0.4, 0.5) is 10.1 Å². The average Bonchev–Trinajstić information content (AvgIpc) is 2.33. The zero-order chi connectivity index (χ0) is 11.4. The summed E-state index contributed by atoms with van der Waals surface area (Å²) in [5.74, 6) is -0.387. The normalized spacial score (nSPS) is 20.1. The molecule has 0 saturated carbocycles. The second-order valence-corrected chi connectivity index (χ2v) is 3.86. The third kappa shape index (κ3) is 2.50. The van der Waals surface area contributed by atoms with Crippen molar-refractivity contribution < 1.29 is 9.13 Å². The summed E-state index contributed by atoms with van der Waals surface area (Å²) in [6.45, 7) is 1.44. The number of nitrogens with one attached hydrogen (secondary N) is 1. The Kier molecular flexibility index (Phi) is 3.37. The first-order valence-electron chi connectivity index (χ1n) is 5.33. The molecule has 0 bridgehead atoms. The van der Waals surface area contributed by atoms with Crippen LogP contribution in [0.2, 0.25) is 0 Å². The molecule has 2 rings (SSSR count). The predicted molar refractivity (Wildman–Crippen MR) is 58.6 cm³/mol. The van der Waals surface area contributed by atoms with E-state index in [1.807, 2.05) is 6.07 Å². The van der Waals surface area contributed by atoms with Crippen molar-refractivity contribution in [3.05, 3.63) is 29.6 Å². The number of benzene rings is 1. The molecule has 0 aliphatic carbocycles. The van der Waals surface area contributed by atoms with Crippen molar-refractivity contribution in [1.82, 2.24) is 0 Å². The van der Waals surface area contributed by atoms with Crippen molar-refractivity contribution in [2.24, 2.45) is 0 Å². The first kappa shape index (κ1) is 10.9. The molecule has 1 aliphatic heterocycles. The Balaban J connectivity index is 2.11. The van der Waals surface area contributed by atoms with E-state index in [9.17, 15) is 4.39 Å². The summed E-state index contributed by atoms with van der Waals surface area (Å²) in [5.41, 5.74) is 1.02. The van der Waals surface area contributed by atoms with E-state index in [-0.39, 0.29) is 11.9 Å². The highest BCUT2D eigenvalue weighted by molar-refractivity contribution is 5.57. The van der Waals surface area contributed by atoms with Crippen LogP contribution >= 0.6 is 0 Å². The van der Waals surface area contributed by atoms with E-state index in [1.165, 1.54) is 12.1 Å². The Morgan fingerprint density at radius 2 is 2.38 bits per heavy atom. The molecule has 1 N–H and O–H groups in total. The van der Waals surface area contributed by atoms with Gasteiger partial charge in [-0.2, -0.15) is 5.26 Å². The van der Waals surface area contributed by atoms with Crippen molar-refractivity contribution >= 4 is 5.69 Å². The van der Waals surface area contributed by atoms with E-state index in [1.54, 1.807) is 6.07 Å². The van der Waals surface area contributed by atoms with Crippen molar-refractivity contribution in [2.75, 3.05) is 18.5 Å². The van der Waals surface area contributed by atoms with Gasteiger partial charge < -0.3 is 10.1 Å². The Labute approximate surface area is 93.8 Å². The molecule has 1 saturated heterocycles.